The number of hydrogen-bond acceptors (Lipinski definition) is 2. The zero-order valence-corrected chi connectivity index (χ0v) is 8.45. The lowest BCUT2D eigenvalue weighted by Gasteiger charge is -2.17. The number of hydrogen-bond donors (Lipinski definition) is 1. The number of nitrogens with two attached hydrogens (primary N) is 1. The second-order valence-electron chi connectivity index (χ2n) is 4.76. The van der Waals surface area contributed by atoms with Gasteiger partial charge in [-0.15, -0.1) is 0 Å². The highest BCUT2D eigenvalue weighted by atomic mass is 15.3. The Bertz CT molecular complexity index is 332. The van der Waals surface area contributed by atoms with Gasteiger partial charge in [0.2, 0.25) is 0 Å². The molecule has 14 heavy (non-hydrogen) atoms. The molecule has 0 spiro atoms. The van der Waals surface area contributed by atoms with Crippen LogP contribution >= 0.6 is 0 Å². The third kappa shape index (κ3) is 1.19. The molecule has 0 bridgehead atoms. The summed E-state index contributed by atoms with van der Waals surface area (Å²) in [7, 11) is 0. The predicted octanol–water partition coefficient (Wildman–Crippen LogP) is 1.95. The summed E-state index contributed by atoms with van der Waals surface area (Å²) in [6, 6.07) is 2.73. The van der Waals surface area contributed by atoms with Crippen LogP contribution in [-0.4, -0.2) is 9.78 Å². The quantitative estimate of drug-likeness (QED) is 0.776. The van der Waals surface area contributed by atoms with Crippen molar-refractivity contribution >= 4 is 0 Å². The normalized spacial score (nSPS) is 25.5. The predicted molar refractivity (Wildman–Crippen MR) is 54.8 cm³/mol. The average Bonchev–Trinajstić information content (AvgIpc) is 2.73. The first kappa shape index (κ1) is 8.48. The molecule has 0 aliphatic heterocycles. The zero-order valence-electron chi connectivity index (χ0n) is 8.45. The second-order valence-corrected chi connectivity index (χ2v) is 4.76. The fourth-order valence-electron chi connectivity index (χ4n) is 2.54. The van der Waals surface area contributed by atoms with Crippen LogP contribution in [0.25, 0.3) is 0 Å². The van der Waals surface area contributed by atoms with Crippen molar-refractivity contribution in [3.05, 3.63) is 18.0 Å². The maximum absolute atomic E-state index is 6.22. The van der Waals surface area contributed by atoms with E-state index in [1.54, 1.807) is 0 Å². The Morgan fingerprint density at radius 1 is 1.36 bits per heavy atom. The third-order valence-corrected chi connectivity index (χ3v) is 3.64. The molecule has 3 heteroatoms. The highest BCUT2D eigenvalue weighted by Gasteiger charge is 2.43. The van der Waals surface area contributed by atoms with E-state index in [4.69, 9.17) is 5.73 Å². The number of rotatable bonds is 2. The molecule has 2 aliphatic rings. The molecule has 0 radical (unpaired) electrons. The minimum absolute atomic E-state index is 0.0287. The topological polar surface area (TPSA) is 43.8 Å². The van der Waals surface area contributed by atoms with E-state index in [0.29, 0.717) is 6.04 Å². The van der Waals surface area contributed by atoms with Crippen molar-refractivity contribution in [2.45, 2.75) is 50.1 Å². The molecule has 2 fully saturated rings. The minimum atomic E-state index is -0.0287. The molecule has 2 saturated carbocycles. The van der Waals surface area contributed by atoms with Gasteiger partial charge in [0.15, 0.2) is 0 Å². The second kappa shape index (κ2) is 2.83. The molecule has 0 unspecified atom stereocenters. The zero-order chi connectivity index (χ0) is 9.60. The summed E-state index contributed by atoms with van der Waals surface area (Å²) in [6.07, 6.45) is 9.43. The van der Waals surface area contributed by atoms with Crippen LogP contribution in [0.3, 0.4) is 0 Å². The summed E-state index contributed by atoms with van der Waals surface area (Å²) in [4.78, 5) is 0. The van der Waals surface area contributed by atoms with Crippen LogP contribution in [0.5, 0.6) is 0 Å². The van der Waals surface area contributed by atoms with Gasteiger partial charge < -0.3 is 5.73 Å². The Kier molecular flexibility index (Phi) is 1.71. The van der Waals surface area contributed by atoms with Crippen LogP contribution in [-0.2, 0) is 5.54 Å². The lowest BCUT2D eigenvalue weighted by atomic mass is 10.1. The van der Waals surface area contributed by atoms with Gasteiger partial charge in [0.05, 0.1) is 17.3 Å². The Hall–Kier alpha value is -0.830. The summed E-state index contributed by atoms with van der Waals surface area (Å²) < 4.78 is 2.19. The summed E-state index contributed by atoms with van der Waals surface area (Å²) >= 11 is 0. The van der Waals surface area contributed by atoms with E-state index in [1.165, 1.54) is 31.4 Å². The Morgan fingerprint density at radius 3 is 2.71 bits per heavy atom. The van der Waals surface area contributed by atoms with Gasteiger partial charge in [0, 0.05) is 6.20 Å². The smallest absolute Gasteiger partial charge is 0.0586 e. The molecule has 1 heterocycles. The molecular formula is C11H17N3. The monoisotopic (exact) mass is 191 g/mol. The van der Waals surface area contributed by atoms with E-state index in [-0.39, 0.29) is 5.54 Å². The molecular weight excluding hydrogens is 174 g/mol. The Morgan fingerprint density at radius 2 is 2.07 bits per heavy atom. The standard InChI is InChI=1S/C11H17N3/c12-11(6-7-11)10-5-8-13-14(10)9-3-1-2-4-9/h5,8-9H,1-4,6-7,12H2. The fraction of sp³-hybridized carbons (Fsp3) is 0.727. The maximum Gasteiger partial charge on any atom is 0.0586 e. The van der Waals surface area contributed by atoms with E-state index in [1.807, 2.05) is 6.20 Å². The summed E-state index contributed by atoms with van der Waals surface area (Å²) in [5.74, 6) is 0. The first-order chi connectivity index (χ1) is 6.80. The number of aromatic nitrogens is 2. The molecule has 1 aromatic rings. The maximum atomic E-state index is 6.22. The van der Waals surface area contributed by atoms with E-state index in [9.17, 15) is 0 Å². The average molecular weight is 191 g/mol. The van der Waals surface area contributed by atoms with Gasteiger partial charge in [-0.1, -0.05) is 12.8 Å². The minimum Gasteiger partial charge on any atom is -0.320 e. The molecule has 0 saturated heterocycles. The van der Waals surface area contributed by atoms with Crippen molar-refractivity contribution in [1.82, 2.24) is 9.78 Å². The van der Waals surface area contributed by atoms with Gasteiger partial charge in [0.1, 0.15) is 0 Å². The molecule has 3 rings (SSSR count). The van der Waals surface area contributed by atoms with Crippen molar-refractivity contribution in [2.75, 3.05) is 0 Å². The van der Waals surface area contributed by atoms with Crippen LogP contribution in [0.2, 0.25) is 0 Å². The first-order valence-corrected chi connectivity index (χ1v) is 5.62. The Labute approximate surface area is 84.3 Å². The van der Waals surface area contributed by atoms with Gasteiger partial charge in [-0.25, -0.2) is 0 Å². The molecule has 0 atom stereocenters. The van der Waals surface area contributed by atoms with Crippen LogP contribution in [0.15, 0.2) is 12.3 Å². The van der Waals surface area contributed by atoms with Crippen molar-refractivity contribution in [3.8, 4) is 0 Å². The van der Waals surface area contributed by atoms with E-state index in [2.05, 4.69) is 15.8 Å². The molecule has 1 aromatic heterocycles. The summed E-state index contributed by atoms with van der Waals surface area (Å²) in [6.45, 7) is 0. The lowest BCUT2D eigenvalue weighted by molar-refractivity contribution is 0.431. The summed E-state index contributed by atoms with van der Waals surface area (Å²) in [5, 5.41) is 4.44. The molecule has 3 nitrogen and oxygen atoms in total. The van der Waals surface area contributed by atoms with Crippen LogP contribution < -0.4 is 5.73 Å². The first-order valence-electron chi connectivity index (χ1n) is 5.62. The van der Waals surface area contributed by atoms with E-state index in [0.717, 1.165) is 12.8 Å². The highest BCUT2D eigenvalue weighted by Crippen LogP contribution is 2.44. The van der Waals surface area contributed by atoms with E-state index >= 15 is 0 Å². The van der Waals surface area contributed by atoms with Gasteiger partial charge in [-0.2, -0.15) is 5.10 Å². The van der Waals surface area contributed by atoms with Crippen molar-refractivity contribution in [2.24, 2.45) is 5.73 Å². The summed E-state index contributed by atoms with van der Waals surface area (Å²) in [5.41, 5.74) is 7.46. The van der Waals surface area contributed by atoms with Gasteiger partial charge in [-0.3, -0.25) is 4.68 Å². The largest absolute Gasteiger partial charge is 0.320 e. The molecule has 0 aromatic carbocycles. The fourth-order valence-corrected chi connectivity index (χ4v) is 2.54. The molecule has 0 amide bonds. The molecule has 2 N–H and O–H groups in total. The van der Waals surface area contributed by atoms with Crippen LogP contribution in [0.1, 0.15) is 50.3 Å². The highest BCUT2D eigenvalue weighted by molar-refractivity contribution is 5.22. The van der Waals surface area contributed by atoms with Crippen LogP contribution in [0.4, 0.5) is 0 Å². The van der Waals surface area contributed by atoms with E-state index < -0.39 is 0 Å². The SMILES string of the molecule is NC1(c2ccnn2C2CCCC2)CC1. The van der Waals surface area contributed by atoms with Crippen molar-refractivity contribution in [1.29, 1.82) is 0 Å². The van der Waals surface area contributed by atoms with Crippen molar-refractivity contribution < 1.29 is 0 Å². The van der Waals surface area contributed by atoms with Gasteiger partial charge in [0.25, 0.3) is 0 Å². The third-order valence-electron chi connectivity index (χ3n) is 3.64. The Balaban J connectivity index is 1.93. The lowest BCUT2D eigenvalue weighted by Crippen LogP contribution is -2.25. The molecule has 76 valence electrons. The van der Waals surface area contributed by atoms with Gasteiger partial charge in [-0.05, 0) is 31.7 Å². The number of nitrogens with zero attached hydrogens (tertiary/aromatic N) is 2. The van der Waals surface area contributed by atoms with Crippen molar-refractivity contribution in [3.63, 3.8) is 0 Å². The van der Waals surface area contributed by atoms with Gasteiger partial charge >= 0.3 is 0 Å². The molecule has 2 aliphatic carbocycles. The van der Waals surface area contributed by atoms with Crippen LogP contribution in [0, 0.1) is 0 Å².